The lowest BCUT2D eigenvalue weighted by Crippen LogP contribution is -2.41. The second-order valence-corrected chi connectivity index (χ2v) is 5.31. The van der Waals surface area contributed by atoms with Gasteiger partial charge in [-0.25, -0.2) is 4.98 Å². The number of aromatic nitrogens is 1. The first-order valence-corrected chi connectivity index (χ1v) is 7.02. The van der Waals surface area contributed by atoms with E-state index in [1.165, 1.54) is 5.01 Å². The molecule has 2 rings (SSSR count). The molecule has 1 fully saturated rings. The Morgan fingerprint density at radius 3 is 3.25 bits per heavy atom. The van der Waals surface area contributed by atoms with Gasteiger partial charge in [-0.05, 0) is 6.92 Å². The molecule has 0 N–H and O–H groups in total. The standard InChI is InChI=1S/C11H17ClN2OS/c1-9-7-14(4-5-15-9)3-2-11-13-10(6-12)8-16-11/h8-9H,2-7H2,1H3. The number of ether oxygens (including phenoxy) is 1. The quantitative estimate of drug-likeness (QED) is 0.776. The third-order valence-corrected chi connectivity index (χ3v) is 3.93. The average Bonchev–Trinajstić information content (AvgIpc) is 2.74. The minimum Gasteiger partial charge on any atom is -0.376 e. The Bertz CT molecular complexity index is 332. The molecule has 5 heteroatoms. The molecule has 1 saturated heterocycles. The molecule has 1 aliphatic rings. The van der Waals surface area contributed by atoms with Crippen LogP contribution < -0.4 is 0 Å². The zero-order valence-electron chi connectivity index (χ0n) is 9.49. The largest absolute Gasteiger partial charge is 0.376 e. The van der Waals surface area contributed by atoms with Crippen molar-refractivity contribution in [2.45, 2.75) is 25.3 Å². The van der Waals surface area contributed by atoms with Gasteiger partial charge in [0, 0.05) is 31.4 Å². The highest BCUT2D eigenvalue weighted by molar-refractivity contribution is 7.09. The van der Waals surface area contributed by atoms with Crippen LogP contribution in [-0.4, -0.2) is 42.2 Å². The molecule has 1 aromatic heterocycles. The molecule has 0 aliphatic carbocycles. The Morgan fingerprint density at radius 1 is 1.69 bits per heavy atom. The average molecular weight is 261 g/mol. The molecule has 0 saturated carbocycles. The summed E-state index contributed by atoms with van der Waals surface area (Å²) in [6.45, 7) is 6.13. The van der Waals surface area contributed by atoms with Gasteiger partial charge in [0.25, 0.3) is 0 Å². The van der Waals surface area contributed by atoms with E-state index in [9.17, 15) is 0 Å². The van der Waals surface area contributed by atoms with Crippen LogP contribution in [-0.2, 0) is 17.0 Å². The smallest absolute Gasteiger partial charge is 0.0941 e. The summed E-state index contributed by atoms with van der Waals surface area (Å²) in [4.78, 5) is 6.90. The van der Waals surface area contributed by atoms with Crippen LogP contribution in [0, 0.1) is 0 Å². The molecule has 0 bridgehead atoms. The molecule has 1 aliphatic heterocycles. The van der Waals surface area contributed by atoms with E-state index in [1.807, 2.05) is 5.38 Å². The third-order valence-electron chi connectivity index (χ3n) is 2.70. The number of halogens is 1. The molecule has 0 amide bonds. The Balaban J connectivity index is 1.78. The number of nitrogens with zero attached hydrogens (tertiary/aromatic N) is 2. The van der Waals surface area contributed by atoms with Crippen molar-refractivity contribution < 1.29 is 4.74 Å². The summed E-state index contributed by atoms with van der Waals surface area (Å²) >= 11 is 7.44. The van der Waals surface area contributed by atoms with Crippen molar-refractivity contribution in [1.82, 2.24) is 9.88 Å². The fourth-order valence-electron chi connectivity index (χ4n) is 1.87. The maximum absolute atomic E-state index is 5.73. The van der Waals surface area contributed by atoms with Crippen molar-refractivity contribution in [1.29, 1.82) is 0 Å². The second-order valence-electron chi connectivity index (χ2n) is 4.10. The van der Waals surface area contributed by atoms with Crippen molar-refractivity contribution in [3.63, 3.8) is 0 Å². The number of thiazole rings is 1. The van der Waals surface area contributed by atoms with Gasteiger partial charge in [0.2, 0.25) is 0 Å². The predicted octanol–water partition coefficient (Wildman–Crippen LogP) is 2.15. The fraction of sp³-hybridized carbons (Fsp3) is 0.727. The minimum atomic E-state index is 0.364. The number of morpholine rings is 1. The van der Waals surface area contributed by atoms with Crippen LogP contribution in [0.5, 0.6) is 0 Å². The van der Waals surface area contributed by atoms with Crippen LogP contribution in [0.15, 0.2) is 5.38 Å². The molecule has 2 heterocycles. The molecule has 0 spiro atoms. The monoisotopic (exact) mass is 260 g/mol. The maximum atomic E-state index is 5.73. The first-order valence-electron chi connectivity index (χ1n) is 5.61. The van der Waals surface area contributed by atoms with Crippen LogP contribution in [0.3, 0.4) is 0 Å². The van der Waals surface area contributed by atoms with Crippen LogP contribution >= 0.6 is 22.9 Å². The maximum Gasteiger partial charge on any atom is 0.0941 e. The lowest BCUT2D eigenvalue weighted by atomic mass is 10.3. The summed E-state index contributed by atoms with van der Waals surface area (Å²) in [5, 5.41) is 3.24. The molecule has 1 unspecified atom stereocenters. The van der Waals surface area contributed by atoms with Crippen LogP contribution in [0.2, 0.25) is 0 Å². The molecular formula is C11H17ClN2OS. The van der Waals surface area contributed by atoms with E-state index in [1.54, 1.807) is 11.3 Å². The van der Waals surface area contributed by atoms with Crippen molar-refractivity contribution in [2.75, 3.05) is 26.2 Å². The molecule has 0 aromatic carbocycles. The molecule has 0 radical (unpaired) electrons. The molecule has 1 atom stereocenters. The van der Waals surface area contributed by atoms with E-state index in [0.29, 0.717) is 12.0 Å². The van der Waals surface area contributed by atoms with Crippen LogP contribution in [0.4, 0.5) is 0 Å². The van der Waals surface area contributed by atoms with Gasteiger partial charge in [-0.15, -0.1) is 22.9 Å². The van der Waals surface area contributed by atoms with Crippen molar-refractivity contribution in [3.8, 4) is 0 Å². The number of hydrogen-bond donors (Lipinski definition) is 0. The van der Waals surface area contributed by atoms with Gasteiger partial charge in [0.05, 0.1) is 29.3 Å². The van der Waals surface area contributed by atoms with E-state index in [2.05, 4.69) is 16.8 Å². The highest BCUT2D eigenvalue weighted by atomic mass is 35.5. The first-order chi connectivity index (χ1) is 7.78. The molecular weight excluding hydrogens is 244 g/mol. The fourth-order valence-corrected chi connectivity index (χ4v) is 2.89. The van der Waals surface area contributed by atoms with Crippen LogP contribution in [0.25, 0.3) is 0 Å². The zero-order chi connectivity index (χ0) is 11.4. The van der Waals surface area contributed by atoms with Crippen molar-refractivity contribution in [2.24, 2.45) is 0 Å². The molecule has 16 heavy (non-hydrogen) atoms. The highest BCUT2D eigenvalue weighted by Crippen LogP contribution is 2.13. The highest BCUT2D eigenvalue weighted by Gasteiger charge is 2.16. The zero-order valence-corrected chi connectivity index (χ0v) is 11.1. The predicted molar refractivity (Wildman–Crippen MR) is 67.2 cm³/mol. The topological polar surface area (TPSA) is 25.4 Å². The Kier molecular flexibility index (Phi) is 4.58. The summed E-state index contributed by atoms with van der Waals surface area (Å²) in [5.41, 5.74) is 0.997. The van der Waals surface area contributed by atoms with E-state index >= 15 is 0 Å². The van der Waals surface area contributed by atoms with Gasteiger partial charge in [0.1, 0.15) is 0 Å². The SMILES string of the molecule is CC1CN(CCc2nc(CCl)cs2)CCO1. The molecule has 3 nitrogen and oxygen atoms in total. The summed E-state index contributed by atoms with van der Waals surface area (Å²) in [5.74, 6) is 0.519. The summed E-state index contributed by atoms with van der Waals surface area (Å²) < 4.78 is 5.51. The van der Waals surface area contributed by atoms with Gasteiger partial charge < -0.3 is 4.74 Å². The van der Waals surface area contributed by atoms with Crippen LogP contribution in [0.1, 0.15) is 17.6 Å². The van der Waals surface area contributed by atoms with Crippen molar-refractivity contribution >= 4 is 22.9 Å². The summed E-state index contributed by atoms with van der Waals surface area (Å²) in [6, 6.07) is 0. The minimum absolute atomic E-state index is 0.364. The molecule has 90 valence electrons. The van der Waals surface area contributed by atoms with Crippen molar-refractivity contribution in [3.05, 3.63) is 16.1 Å². The van der Waals surface area contributed by atoms with Gasteiger partial charge in [-0.3, -0.25) is 4.90 Å². The Morgan fingerprint density at radius 2 is 2.56 bits per heavy atom. The number of rotatable bonds is 4. The Labute approximate surface area is 105 Å². The lowest BCUT2D eigenvalue weighted by Gasteiger charge is -2.30. The van der Waals surface area contributed by atoms with E-state index in [-0.39, 0.29) is 0 Å². The Hall–Kier alpha value is -0.160. The number of hydrogen-bond acceptors (Lipinski definition) is 4. The van der Waals surface area contributed by atoms with E-state index < -0.39 is 0 Å². The number of alkyl halides is 1. The normalized spacial score (nSPS) is 22.5. The van der Waals surface area contributed by atoms with Gasteiger partial charge in [0.15, 0.2) is 0 Å². The van der Waals surface area contributed by atoms with E-state index in [0.717, 1.165) is 38.4 Å². The third kappa shape index (κ3) is 3.42. The molecule has 1 aromatic rings. The summed E-state index contributed by atoms with van der Waals surface area (Å²) in [7, 11) is 0. The first kappa shape index (κ1) is 12.3. The van der Waals surface area contributed by atoms with Gasteiger partial charge in [-0.2, -0.15) is 0 Å². The summed E-state index contributed by atoms with van der Waals surface area (Å²) in [6.07, 6.45) is 1.39. The van der Waals surface area contributed by atoms with Gasteiger partial charge in [-0.1, -0.05) is 0 Å². The van der Waals surface area contributed by atoms with Gasteiger partial charge >= 0.3 is 0 Å². The lowest BCUT2D eigenvalue weighted by molar-refractivity contribution is -0.0177. The second kappa shape index (κ2) is 5.96. The van der Waals surface area contributed by atoms with E-state index in [4.69, 9.17) is 16.3 Å².